The SMILES string of the molecule is N#Cc1cc([N+](=O)[O-])ccc1N1CCN(C(=O)OCc2ccccc2)CC1. The number of non-ortho nitro benzene ring substituents is 1. The number of rotatable bonds is 4. The molecule has 0 radical (unpaired) electrons. The lowest BCUT2D eigenvalue weighted by molar-refractivity contribution is -0.384. The first-order valence-electron chi connectivity index (χ1n) is 8.47. The van der Waals surface area contributed by atoms with E-state index in [1.54, 1.807) is 11.0 Å². The first-order valence-corrected chi connectivity index (χ1v) is 8.47. The van der Waals surface area contributed by atoms with Crippen LogP contribution in [-0.2, 0) is 11.3 Å². The zero-order valence-corrected chi connectivity index (χ0v) is 14.6. The van der Waals surface area contributed by atoms with E-state index in [-0.39, 0.29) is 24.0 Å². The normalized spacial score (nSPS) is 13.7. The van der Waals surface area contributed by atoms with Crippen molar-refractivity contribution in [2.45, 2.75) is 6.61 Å². The average Bonchev–Trinajstić information content (AvgIpc) is 2.72. The topological polar surface area (TPSA) is 99.7 Å². The van der Waals surface area contributed by atoms with Gasteiger partial charge in [-0.15, -0.1) is 0 Å². The molecule has 0 N–H and O–H groups in total. The second kappa shape index (κ2) is 8.19. The number of hydrogen-bond donors (Lipinski definition) is 0. The van der Waals surface area contributed by atoms with E-state index in [9.17, 15) is 20.2 Å². The number of piperazine rings is 1. The van der Waals surface area contributed by atoms with Crippen molar-refractivity contribution in [2.75, 3.05) is 31.1 Å². The number of amides is 1. The monoisotopic (exact) mass is 366 g/mol. The van der Waals surface area contributed by atoms with E-state index >= 15 is 0 Å². The predicted molar refractivity (Wildman–Crippen MR) is 98.2 cm³/mol. The number of nitro groups is 1. The van der Waals surface area contributed by atoms with Gasteiger partial charge in [0.2, 0.25) is 0 Å². The van der Waals surface area contributed by atoms with Crippen LogP contribution in [0.2, 0.25) is 0 Å². The third kappa shape index (κ3) is 4.33. The highest BCUT2D eigenvalue weighted by atomic mass is 16.6. The molecule has 1 heterocycles. The van der Waals surface area contributed by atoms with E-state index in [0.717, 1.165) is 5.56 Å². The Morgan fingerprint density at radius 3 is 2.48 bits per heavy atom. The van der Waals surface area contributed by atoms with Crippen molar-refractivity contribution in [1.82, 2.24) is 4.90 Å². The van der Waals surface area contributed by atoms with Gasteiger partial charge in [-0.2, -0.15) is 5.26 Å². The van der Waals surface area contributed by atoms with Crippen LogP contribution in [-0.4, -0.2) is 42.1 Å². The number of nitriles is 1. The van der Waals surface area contributed by atoms with Gasteiger partial charge in [0, 0.05) is 38.3 Å². The van der Waals surface area contributed by atoms with Crippen molar-refractivity contribution in [3.8, 4) is 6.07 Å². The van der Waals surface area contributed by atoms with E-state index in [1.165, 1.54) is 12.1 Å². The fourth-order valence-corrected chi connectivity index (χ4v) is 2.94. The Hall–Kier alpha value is -3.60. The van der Waals surface area contributed by atoms with Gasteiger partial charge in [0.15, 0.2) is 0 Å². The molecule has 8 heteroatoms. The highest BCUT2D eigenvalue weighted by Crippen LogP contribution is 2.26. The van der Waals surface area contributed by atoms with E-state index < -0.39 is 4.92 Å². The molecule has 8 nitrogen and oxygen atoms in total. The van der Waals surface area contributed by atoms with Crippen LogP contribution >= 0.6 is 0 Å². The maximum atomic E-state index is 12.2. The summed E-state index contributed by atoms with van der Waals surface area (Å²) in [7, 11) is 0. The third-order valence-corrected chi connectivity index (χ3v) is 4.40. The second-order valence-corrected chi connectivity index (χ2v) is 6.08. The summed E-state index contributed by atoms with van der Waals surface area (Å²) in [5.74, 6) is 0. The smallest absolute Gasteiger partial charge is 0.410 e. The fourth-order valence-electron chi connectivity index (χ4n) is 2.94. The van der Waals surface area contributed by atoms with Crippen molar-refractivity contribution >= 4 is 17.5 Å². The van der Waals surface area contributed by atoms with Gasteiger partial charge >= 0.3 is 6.09 Å². The number of nitro benzene ring substituents is 1. The molecule has 138 valence electrons. The first-order chi connectivity index (χ1) is 13.1. The lowest BCUT2D eigenvalue weighted by Crippen LogP contribution is -2.49. The zero-order chi connectivity index (χ0) is 19.2. The van der Waals surface area contributed by atoms with Gasteiger partial charge in [0.25, 0.3) is 5.69 Å². The predicted octanol–water partition coefficient (Wildman–Crippen LogP) is 2.93. The molecule has 1 aliphatic rings. The largest absolute Gasteiger partial charge is 0.445 e. The lowest BCUT2D eigenvalue weighted by atomic mass is 10.1. The molecule has 0 aliphatic carbocycles. The summed E-state index contributed by atoms with van der Waals surface area (Å²) in [6.45, 7) is 2.17. The molecular weight excluding hydrogens is 348 g/mol. The maximum absolute atomic E-state index is 12.2. The number of benzene rings is 2. The number of nitrogens with zero attached hydrogens (tertiary/aromatic N) is 4. The van der Waals surface area contributed by atoms with E-state index in [2.05, 4.69) is 0 Å². The first kappa shape index (κ1) is 18.2. The Kier molecular flexibility index (Phi) is 5.52. The Bertz CT molecular complexity index is 871. The van der Waals surface area contributed by atoms with Crippen molar-refractivity contribution < 1.29 is 14.5 Å². The summed E-state index contributed by atoms with van der Waals surface area (Å²) in [6, 6.07) is 15.7. The maximum Gasteiger partial charge on any atom is 0.410 e. The fraction of sp³-hybridized carbons (Fsp3) is 0.263. The van der Waals surface area contributed by atoms with Crippen LogP contribution < -0.4 is 4.90 Å². The van der Waals surface area contributed by atoms with Crippen molar-refractivity contribution in [2.24, 2.45) is 0 Å². The quantitative estimate of drug-likeness (QED) is 0.609. The number of ether oxygens (including phenoxy) is 1. The zero-order valence-electron chi connectivity index (χ0n) is 14.6. The van der Waals surface area contributed by atoms with Crippen LogP contribution in [0.3, 0.4) is 0 Å². The highest BCUT2D eigenvalue weighted by Gasteiger charge is 2.24. The van der Waals surface area contributed by atoms with Crippen LogP contribution in [0.25, 0.3) is 0 Å². The molecule has 27 heavy (non-hydrogen) atoms. The minimum absolute atomic E-state index is 0.113. The summed E-state index contributed by atoms with van der Waals surface area (Å²) < 4.78 is 5.34. The van der Waals surface area contributed by atoms with E-state index in [1.807, 2.05) is 41.3 Å². The minimum atomic E-state index is -0.523. The van der Waals surface area contributed by atoms with Crippen LogP contribution in [0, 0.1) is 21.4 Å². The second-order valence-electron chi connectivity index (χ2n) is 6.08. The number of hydrogen-bond acceptors (Lipinski definition) is 6. The van der Waals surface area contributed by atoms with Gasteiger partial charge in [0.1, 0.15) is 12.7 Å². The molecule has 0 saturated carbocycles. The number of carbonyl (C=O) groups excluding carboxylic acids is 1. The van der Waals surface area contributed by atoms with Crippen LogP contribution in [0.5, 0.6) is 0 Å². The third-order valence-electron chi connectivity index (χ3n) is 4.40. The molecule has 0 unspecified atom stereocenters. The molecule has 3 rings (SSSR count). The molecule has 0 aromatic heterocycles. The average molecular weight is 366 g/mol. The summed E-state index contributed by atoms with van der Waals surface area (Å²) >= 11 is 0. The Morgan fingerprint density at radius 1 is 1.15 bits per heavy atom. The highest BCUT2D eigenvalue weighted by molar-refractivity contribution is 5.69. The van der Waals surface area contributed by atoms with Crippen LogP contribution in [0.1, 0.15) is 11.1 Å². The molecule has 2 aromatic rings. The lowest BCUT2D eigenvalue weighted by Gasteiger charge is -2.35. The number of anilines is 1. The van der Waals surface area contributed by atoms with Crippen LogP contribution in [0.15, 0.2) is 48.5 Å². The Labute approximate surface area is 156 Å². The van der Waals surface area contributed by atoms with E-state index in [4.69, 9.17) is 4.74 Å². The number of carbonyl (C=O) groups is 1. The Morgan fingerprint density at radius 2 is 1.85 bits per heavy atom. The minimum Gasteiger partial charge on any atom is -0.445 e. The van der Waals surface area contributed by atoms with Gasteiger partial charge in [-0.25, -0.2) is 4.79 Å². The van der Waals surface area contributed by atoms with Crippen LogP contribution in [0.4, 0.5) is 16.2 Å². The summed E-state index contributed by atoms with van der Waals surface area (Å²) in [4.78, 5) is 26.1. The molecule has 1 saturated heterocycles. The molecule has 0 atom stereocenters. The molecular formula is C19H18N4O4. The summed E-state index contributed by atoms with van der Waals surface area (Å²) in [5.41, 5.74) is 1.71. The van der Waals surface area contributed by atoms with Gasteiger partial charge in [0.05, 0.1) is 16.2 Å². The van der Waals surface area contributed by atoms with Gasteiger partial charge in [-0.1, -0.05) is 30.3 Å². The van der Waals surface area contributed by atoms with Gasteiger partial charge in [-0.05, 0) is 11.6 Å². The summed E-state index contributed by atoms with van der Waals surface area (Å²) in [5, 5.41) is 20.2. The Balaban J connectivity index is 1.58. The van der Waals surface area contributed by atoms with Crippen molar-refractivity contribution in [3.05, 3.63) is 69.8 Å². The van der Waals surface area contributed by atoms with E-state index in [0.29, 0.717) is 31.9 Å². The molecule has 0 spiro atoms. The van der Waals surface area contributed by atoms with Gasteiger partial charge < -0.3 is 14.5 Å². The summed E-state index contributed by atoms with van der Waals surface area (Å²) in [6.07, 6.45) is -0.372. The molecule has 1 amide bonds. The molecule has 2 aromatic carbocycles. The molecule has 1 fully saturated rings. The van der Waals surface area contributed by atoms with Crippen molar-refractivity contribution in [1.29, 1.82) is 5.26 Å². The van der Waals surface area contributed by atoms with Gasteiger partial charge in [-0.3, -0.25) is 10.1 Å². The molecule has 1 aliphatic heterocycles. The standard InChI is InChI=1S/C19H18N4O4/c20-13-16-12-17(23(25)26)6-7-18(16)21-8-10-22(11-9-21)19(24)27-14-15-4-2-1-3-5-15/h1-7,12H,8-11,14H2. The molecule has 0 bridgehead atoms. The van der Waals surface area contributed by atoms with Crippen molar-refractivity contribution in [3.63, 3.8) is 0 Å².